The molecule has 1 rings (SSSR count). The molecule has 34 heavy (non-hydrogen) atoms. The third-order valence-corrected chi connectivity index (χ3v) is 5.74. The van der Waals surface area contributed by atoms with Crippen LogP contribution in [0.2, 0.25) is 0 Å². The van der Waals surface area contributed by atoms with Crippen LogP contribution in [0, 0.1) is 0 Å². The van der Waals surface area contributed by atoms with E-state index >= 15 is 0 Å². The molecule has 0 fully saturated rings. The molecule has 0 unspecified atom stereocenters. The molecule has 0 aliphatic carbocycles. The maximum atomic E-state index is 12.7. The summed E-state index contributed by atoms with van der Waals surface area (Å²) in [7, 11) is 0. The van der Waals surface area contributed by atoms with Gasteiger partial charge in [0, 0.05) is 13.0 Å². The van der Waals surface area contributed by atoms with Crippen molar-refractivity contribution < 1.29 is 24.2 Å². The molecule has 0 spiro atoms. The minimum absolute atomic E-state index is 0.0598. The van der Waals surface area contributed by atoms with Gasteiger partial charge in [0.25, 0.3) is 0 Å². The lowest BCUT2D eigenvalue weighted by molar-refractivity contribution is -0.130. The van der Waals surface area contributed by atoms with Crippen molar-refractivity contribution in [2.24, 2.45) is 0 Å². The second kappa shape index (κ2) is 19.0. The van der Waals surface area contributed by atoms with Crippen molar-refractivity contribution in [3.8, 4) is 0 Å². The molecule has 0 aliphatic heterocycles. The summed E-state index contributed by atoms with van der Waals surface area (Å²) in [5, 5.41) is 14.7. The van der Waals surface area contributed by atoms with Gasteiger partial charge in [-0.05, 0) is 30.5 Å². The maximum Gasteiger partial charge on any atom is 0.335 e. The molecule has 0 aromatic heterocycles. The summed E-state index contributed by atoms with van der Waals surface area (Å²) in [4.78, 5) is 36.1. The minimum atomic E-state index is -0.980. The highest BCUT2D eigenvalue weighted by atomic mass is 16.5. The summed E-state index contributed by atoms with van der Waals surface area (Å²) < 4.78 is 5.71. The molecule has 7 heteroatoms. The number of nitrogens with one attached hydrogen (secondary N) is 2. The van der Waals surface area contributed by atoms with E-state index in [1.54, 1.807) is 12.1 Å². The first-order valence-electron chi connectivity index (χ1n) is 12.9. The van der Waals surface area contributed by atoms with Gasteiger partial charge in [0.1, 0.15) is 6.04 Å². The van der Waals surface area contributed by atoms with Crippen LogP contribution in [0.15, 0.2) is 24.3 Å². The second-order valence-electron chi connectivity index (χ2n) is 8.86. The van der Waals surface area contributed by atoms with Gasteiger partial charge in [0.05, 0.1) is 18.8 Å². The lowest BCUT2D eigenvalue weighted by atomic mass is 10.1. The highest BCUT2D eigenvalue weighted by Crippen LogP contribution is 2.09. The predicted molar refractivity (Wildman–Crippen MR) is 135 cm³/mol. The zero-order chi connectivity index (χ0) is 25.0. The van der Waals surface area contributed by atoms with Gasteiger partial charge in [-0.15, -0.1) is 0 Å². The zero-order valence-electron chi connectivity index (χ0n) is 21.1. The lowest BCUT2D eigenvalue weighted by Gasteiger charge is -2.19. The molecule has 1 atom stereocenters. The quantitative estimate of drug-likeness (QED) is 0.224. The fourth-order valence-corrected chi connectivity index (χ4v) is 3.62. The zero-order valence-corrected chi connectivity index (χ0v) is 21.1. The van der Waals surface area contributed by atoms with E-state index in [0.717, 1.165) is 50.5 Å². The molecule has 1 aromatic carbocycles. The molecular formula is C27H44N2O5. The van der Waals surface area contributed by atoms with Crippen molar-refractivity contribution >= 4 is 17.8 Å². The van der Waals surface area contributed by atoms with Crippen LogP contribution in [-0.2, 0) is 20.9 Å². The van der Waals surface area contributed by atoms with Crippen molar-refractivity contribution in [1.82, 2.24) is 10.6 Å². The Bertz CT molecular complexity index is 705. The van der Waals surface area contributed by atoms with E-state index in [9.17, 15) is 14.4 Å². The first-order chi connectivity index (χ1) is 16.5. The van der Waals surface area contributed by atoms with Gasteiger partial charge in [0.15, 0.2) is 0 Å². The van der Waals surface area contributed by atoms with E-state index in [2.05, 4.69) is 24.5 Å². The molecule has 0 radical (unpaired) electrons. The summed E-state index contributed by atoms with van der Waals surface area (Å²) in [5.41, 5.74) is 1.01. The van der Waals surface area contributed by atoms with Gasteiger partial charge in [0.2, 0.25) is 11.8 Å². The topological polar surface area (TPSA) is 105 Å². The highest BCUT2D eigenvalue weighted by molar-refractivity contribution is 5.88. The van der Waals surface area contributed by atoms with Crippen LogP contribution in [0.5, 0.6) is 0 Å². The first-order valence-corrected chi connectivity index (χ1v) is 12.9. The number of aromatic carboxylic acids is 1. The van der Waals surface area contributed by atoms with Crippen LogP contribution in [0.4, 0.5) is 0 Å². The normalized spacial score (nSPS) is 11.7. The van der Waals surface area contributed by atoms with Crippen molar-refractivity contribution in [3.63, 3.8) is 0 Å². The number of carboxylic acid groups (broad SMARTS) is 1. The summed E-state index contributed by atoms with van der Waals surface area (Å²) in [5.74, 6) is -1.34. The van der Waals surface area contributed by atoms with Crippen LogP contribution in [0.1, 0.15) is 107 Å². The number of ether oxygens (including phenoxy) is 1. The van der Waals surface area contributed by atoms with Gasteiger partial charge in [-0.3, -0.25) is 9.59 Å². The number of carbonyl (C=O) groups is 3. The number of hydrogen-bond donors (Lipinski definition) is 3. The molecular weight excluding hydrogens is 432 g/mol. The summed E-state index contributed by atoms with van der Waals surface area (Å²) in [6.07, 6.45) is 12.6. The highest BCUT2D eigenvalue weighted by Gasteiger charge is 2.20. The SMILES string of the molecule is CCCCCCCCCC(=O)N[C@@H](COCc1ccc(C(=O)O)cc1)C(=O)NCCCCCC. The monoisotopic (exact) mass is 476 g/mol. The van der Waals surface area contributed by atoms with Crippen LogP contribution in [-0.4, -0.2) is 42.1 Å². The Morgan fingerprint density at radius 3 is 2.06 bits per heavy atom. The minimum Gasteiger partial charge on any atom is -0.478 e. The molecule has 0 aliphatic rings. The van der Waals surface area contributed by atoms with E-state index in [4.69, 9.17) is 9.84 Å². The van der Waals surface area contributed by atoms with E-state index in [1.165, 1.54) is 37.8 Å². The number of carboxylic acids is 1. The van der Waals surface area contributed by atoms with Crippen LogP contribution >= 0.6 is 0 Å². The standard InChI is InChI=1S/C27H44N2O5/c1-3-5-7-9-10-11-12-14-25(30)29-24(26(31)28-19-13-8-6-4-2)21-34-20-22-15-17-23(18-16-22)27(32)33/h15-18,24H,3-14,19-21H2,1-2H3,(H,28,31)(H,29,30)(H,32,33)/t24-/m0/s1. The molecule has 2 amide bonds. The fourth-order valence-electron chi connectivity index (χ4n) is 3.62. The molecule has 1 aromatic rings. The van der Waals surface area contributed by atoms with Crippen molar-refractivity contribution in [2.75, 3.05) is 13.2 Å². The smallest absolute Gasteiger partial charge is 0.335 e. The number of benzene rings is 1. The predicted octanol–water partition coefficient (Wildman–Crippen LogP) is 5.22. The van der Waals surface area contributed by atoms with Gasteiger partial charge in [-0.25, -0.2) is 4.79 Å². The molecule has 0 bridgehead atoms. The summed E-state index contributed by atoms with van der Waals surface area (Å²) >= 11 is 0. The molecule has 7 nitrogen and oxygen atoms in total. The Morgan fingerprint density at radius 1 is 0.853 bits per heavy atom. The third-order valence-electron chi connectivity index (χ3n) is 5.74. The summed E-state index contributed by atoms with van der Waals surface area (Å²) in [6.45, 7) is 5.21. The van der Waals surface area contributed by atoms with Gasteiger partial charge in [-0.1, -0.05) is 83.8 Å². The van der Waals surface area contributed by atoms with Gasteiger partial charge < -0.3 is 20.5 Å². The lowest BCUT2D eigenvalue weighted by Crippen LogP contribution is -2.49. The molecule has 0 saturated heterocycles. The van der Waals surface area contributed by atoms with Crippen molar-refractivity contribution in [2.45, 2.75) is 104 Å². The number of rotatable bonds is 20. The number of unbranched alkanes of at least 4 members (excludes halogenated alkanes) is 9. The molecule has 0 heterocycles. The maximum absolute atomic E-state index is 12.7. The number of hydrogen-bond acceptors (Lipinski definition) is 4. The van der Waals surface area contributed by atoms with Crippen LogP contribution < -0.4 is 10.6 Å². The Kier molecular flexibility index (Phi) is 16.5. The molecule has 0 saturated carbocycles. The third kappa shape index (κ3) is 14.0. The fraction of sp³-hybridized carbons (Fsp3) is 0.667. The Balaban J connectivity index is 2.48. The van der Waals surface area contributed by atoms with Crippen LogP contribution in [0.25, 0.3) is 0 Å². The Hall–Kier alpha value is -2.41. The molecule has 192 valence electrons. The van der Waals surface area contributed by atoms with E-state index in [1.807, 2.05) is 0 Å². The van der Waals surface area contributed by atoms with E-state index < -0.39 is 12.0 Å². The van der Waals surface area contributed by atoms with Gasteiger partial charge >= 0.3 is 5.97 Å². The second-order valence-corrected chi connectivity index (χ2v) is 8.86. The largest absolute Gasteiger partial charge is 0.478 e. The first kappa shape index (κ1) is 29.6. The average Bonchev–Trinajstić information content (AvgIpc) is 2.83. The Morgan fingerprint density at radius 2 is 1.44 bits per heavy atom. The van der Waals surface area contributed by atoms with Crippen molar-refractivity contribution in [3.05, 3.63) is 35.4 Å². The van der Waals surface area contributed by atoms with Crippen molar-refractivity contribution in [1.29, 1.82) is 0 Å². The molecule has 3 N–H and O–H groups in total. The number of carbonyl (C=O) groups excluding carboxylic acids is 2. The van der Waals surface area contributed by atoms with E-state index in [-0.39, 0.29) is 30.6 Å². The van der Waals surface area contributed by atoms with E-state index in [0.29, 0.717) is 13.0 Å². The average molecular weight is 477 g/mol. The van der Waals surface area contributed by atoms with Crippen LogP contribution in [0.3, 0.4) is 0 Å². The van der Waals surface area contributed by atoms with Gasteiger partial charge in [-0.2, -0.15) is 0 Å². The summed E-state index contributed by atoms with van der Waals surface area (Å²) in [6, 6.07) is 5.66. The Labute approximate surface area is 205 Å². The number of amides is 2.